The molecule has 0 aliphatic carbocycles. The number of alkyl halides is 2. The third-order valence-corrected chi connectivity index (χ3v) is 4.31. The standard InChI is InChI=1S/2C10H12ClNO/c2*1-7-3-4-9(5-8(7)2)12-10(13)6-11/h2*3-5H,6H2,1-2H3,(H,12,13). The Kier molecular flexibility index (Phi) is 9.17. The van der Waals surface area contributed by atoms with Crippen LogP contribution in [0.2, 0.25) is 0 Å². The summed E-state index contributed by atoms with van der Waals surface area (Å²) in [5.74, 6) is -0.366. The average molecular weight is 395 g/mol. The van der Waals surface area contributed by atoms with Gasteiger partial charge in [0.25, 0.3) is 0 Å². The highest BCUT2D eigenvalue weighted by molar-refractivity contribution is 6.29. The summed E-state index contributed by atoms with van der Waals surface area (Å²) in [6.45, 7) is 8.07. The molecule has 0 saturated carbocycles. The monoisotopic (exact) mass is 394 g/mol. The first-order valence-electron chi connectivity index (χ1n) is 8.13. The van der Waals surface area contributed by atoms with Crippen LogP contribution in [0.3, 0.4) is 0 Å². The molecule has 0 aliphatic heterocycles. The van der Waals surface area contributed by atoms with Gasteiger partial charge >= 0.3 is 0 Å². The molecule has 0 fully saturated rings. The number of halogens is 2. The van der Waals surface area contributed by atoms with E-state index in [9.17, 15) is 9.59 Å². The predicted octanol–water partition coefficient (Wildman–Crippen LogP) is 4.96. The minimum absolute atomic E-state index is 0.00702. The van der Waals surface area contributed by atoms with E-state index in [2.05, 4.69) is 10.6 Å². The average Bonchev–Trinajstić information content (AvgIpc) is 2.61. The predicted molar refractivity (Wildman–Crippen MR) is 111 cm³/mol. The third-order valence-electron chi connectivity index (χ3n) is 3.82. The Morgan fingerprint density at radius 3 is 1.31 bits per heavy atom. The second-order valence-corrected chi connectivity index (χ2v) is 6.50. The van der Waals surface area contributed by atoms with Gasteiger partial charge in [-0.3, -0.25) is 9.59 Å². The molecule has 26 heavy (non-hydrogen) atoms. The molecule has 0 atom stereocenters. The Balaban J connectivity index is 0.000000260. The number of hydrogen-bond acceptors (Lipinski definition) is 2. The quantitative estimate of drug-likeness (QED) is 0.719. The number of rotatable bonds is 4. The highest BCUT2D eigenvalue weighted by atomic mass is 35.5. The van der Waals surface area contributed by atoms with Gasteiger partial charge in [0.05, 0.1) is 0 Å². The topological polar surface area (TPSA) is 58.2 Å². The molecule has 2 amide bonds. The van der Waals surface area contributed by atoms with E-state index in [1.54, 1.807) is 0 Å². The Bertz CT molecular complexity index is 711. The van der Waals surface area contributed by atoms with Crippen LogP contribution in [0, 0.1) is 27.7 Å². The minimum Gasteiger partial charge on any atom is -0.325 e. The Labute approximate surface area is 164 Å². The number of nitrogens with one attached hydrogen (secondary N) is 2. The first kappa shape index (κ1) is 22.0. The number of hydrogen-bond donors (Lipinski definition) is 2. The van der Waals surface area contributed by atoms with Gasteiger partial charge in [-0.2, -0.15) is 0 Å². The van der Waals surface area contributed by atoms with Gasteiger partial charge in [0.1, 0.15) is 11.8 Å². The molecule has 0 heterocycles. The summed E-state index contributed by atoms with van der Waals surface area (Å²) in [5, 5.41) is 5.38. The summed E-state index contributed by atoms with van der Waals surface area (Å²) in [4.78, 5) is 21.9. The number of benzene rings is 2. The lowest BCUT2D eigenvalue weighted by Gasteiger charge is -2.05. The number of aryl methyl sites for hydroxylation is 4. The van der Waals surface area contributed by atoms with Crippen LogP contribution in [0.4, 0.5) is 11.4 Å². The summed E-state index contributed by atoms with van der Waals surface area (Å²) >= 11 is 10.7. The molecule has 0 saturated heterocycles. The maximum absolute atomic E-state index is 10.9. The summed E-state index contributed by atoms with van der Waals surface area (Å²) in [6.07, 6.45) is 0. The lowest BCUT2D eigenvalue weighted by molar-refractivity contribution is -0.114. The smallest absolute Gasteiger partial charge is 0.239 e. The van der Waals surface area contributed by atoms with Crippen molar-refractivity contribution < 1.29 is 9.59 Å². The molecule has 0 spiro atoms. The third kappa shape index (κ3) is 7.46. The van der Waals surface area contributed by atoms with Gasteiger partial charge in [-0.25, -0.2) is 0 Å². The van der Waals surface area contributed by atoms with Crippen LogP contribution >= 0.6 is 23.2 Å². The molecular weight excluding hydrogens is 371 g/mol. The van der Waals surface area contributed by atoms with E-state index in [0.29, 0.717) is 0 Å². The van der Waals surface area contributed by atoms with E-state index in [1.165, 1.54) is 11.1 Å². The van der Waals surface area contributed by atoms with Gasteiger partial charge in [-0.1, -0.05) is 12.1 Å². The molecule has 2 aromatic carbocycles. The fraction of sp³-hybridized carbons (Fsp3) is 0.300. The van der Waals surface area contributed by atoms with Crippen molar-refractivity contribution in [2.45, 2.75) is 27.7 Å². The van der Waals surface area contributed by atoms with Gasteiger partial charge in [-0.15, -0.1) is 23.2 Å². The van der Waals surface area contributed by atoms with Crippen LogP contribution in [0.1, 0.15) is 22.3 Å². The highest BCUT2D eigenvalue weighted by Crippen LogP contribution is 2.14. The fourth-order valence-electron chi connectivity index (χ4n) is 2.03. The van der Waals surface area contributed by atoms with Crippen molar-refractivity contribution in [2.24, 2.45) is 0 Å². The van der Waals surface area contributed by atoms with E-state index in [4.69, 9.17) is 23.2 Å². The lowest BCUT2D eigenvalue weighted by atomic mass is 10.1. The molecule has 0 radical (unpaired) electrons. The van der Waals surface area contributed by atoms with Crippen molar-refractivity contribution in [3.8, 4) is 0 Å². The highest BCUT2D eigenvalue weighted by Gasteiger charge is 2.01. The van der Waals surface area contributed by atoms with E-state index < -0.39 is 0 Å². The first-order valence-corrected chi connectivity index (χ1v) is 9.19. The maximum Gasteiger partial charge on any atom is 0.239 e. The molecule has 0 aliphatic rings. The number of carbonyl (C=O) groups is 2. The molecule has 6 heteroatoms. The summed E-state index contributed by atoms with van der Waals surface area (Å²) in [7, 11) is 0. The molecule has 0 aromatic heterocycles. The van der Waals surface area contributed by atoms with Crippen LogP contribution in [-0.2, 0) is 9.59 Å². The molecule has 0 unspecified atom stereocenters. The number of carbonyl (C=O) groups excluding carboxylic acids is 2. The van der Waals surface area contributed by atoms with Gasteiger partial charge < -0.3 is 10.6 Å². The normalized spacial score (nSPS) is 9.77. The van der Waals surface area contributed by atoms with Gasteiger partial charge in [0.15, 0.2) is 0 Å². The van der Waals surface area contributed by atoms with Crippen LogP contribution < -0.4 is 10.6 Å². The molecule has 2 N–H and O–H groups in total. The van der Waals surface area contributed by atoms with Crippen molar-refractivity contribution in [1.29, 1.82) is 0 Å². The molecule has 140 valence electrons. The second-order valence-electron chi connectivity index (χ2n) is 5.96. The Morgan fingerprint density at radius 2 is 1.04 bits per heavy atom. The molecular formula is C20H24Cl2N2O2. The fourth-order valence-corrected chi connectivity index (χ4v) is 2.16. The number of anilines is 2. The molecule has 4 nitrogen and oxygen atoms in total. The van der Waals surface area contributed by atoms with E-state index in [-0.39, 0.29) is 23.6 Å². The SMILES string of the molecule is Cc1ccc(NC(=O)CCl)cc1C.Cc1ccc(NC(=O)CCl)cc1C. The molecule has 2 rings (SSSR count). The van der Waals surface area contributed by atoms with Gasteiger partial charge in [0, 0.05) is 11.4 Å². The van der Waals surface area contributed by atoms with Crippen LogP contribution in [0.25, 0.3) is 0 Å². The van der Waals surface area contributed by atoms with Crippen molar-refractivity contribution in [2.75, 3.05) is 22.4 Å². The number of amides is 2. The second kappa shape index (κ2) is 10.8. The van der Waals surface area contributed by atoms with E-state index >= 15 is 0 Å². The summed E-state index contributed by atoms with van der Waals surface area (Å²) in [5.41, 5.74) is 6.34. The summed E-state index contributed by atoms with van der Waals surface area (Å²) < 4.78 is 0. The summed E-state index contributed by atoms with van der Waals surface area (Å²) in [6, 6.07) is 11.5. The van der Waals surface area contributed by atoms with Crippen molar-refractivity contribution in [3.63, 3.8) is 0 Å². The van der Waals surface area contributed by atoms with Crippen LogP contribution in [0.15, 0.2) is 36.4 Å². The van der Waals surface area contributed by atoms with E-state index in [1.807, 2.05) is 64.1 Å². The van der Waals surface area contributed by atoms with Crippen molar-refractivity contribution >= 4 is 46.4 Å². The first-order chi connectivity index (χ1) is 12.3. The van der Waals surface area contributed by atoms with Crippen molar-refractivity contribution in [3.05, 3.63) is 58.7 Å². The molecule has 2 aromatic rings. The van der Waals surface area contributed by atoms with Crippen LogP contribution in [0.5, 0.6) is 0 Å². The maximum atomic E-state index is 10.9. The Hall–Kier alpha value is -2.04. The van der Waals surface area contributed by atoms with Crippen LogP contribution in [-0.4, -0.2) is 23.6 Å². The zero-order chi connectivity index (χ0) is 19.7. The zero-order valence-corrected chi connectivity index (χ0v) is 17.0. The lowest BCUT2D eigenvalue weighted by Crippen LogP contribution is -2.12. The Morgan fingerprint density at radius 1 is 0.692 bits per heavy atom. The van der Waals surface area contributed by atoms with Gasteiger partial charge in [-0.05, 0) is 74.2 Å². The van der Waals surface area contributed by atoms with Crippen molar-refractivity contribution in [1.82, 2.24) is 0 Å². The van der Waals surface area contributed by atoms with E-state index in [0.717, 1.165) is 22.5 Å². The minimum atomic E-state index is -0.176. The largest absolute Gasteiger partial charge is 0.325 e. The van der Waals surface area contributed by atoms with Gasteiger partial charge in [0.2, 0.25) is 11.8 Å². The zero-order valence-electron chi connectivity index (χ0n) is 15.5. The molecule has 0 bridgehead atoms.